The molecular formula is C24H35F2N5O2S. The topological polar surface area (TPSA) is 96.0 Å². The highest BCUT2D eigenvalue weighted by atomic mass is 32.1. The fourth-order valence-electron chi connectivity index (χ4n) is 3.30. The van der Waals surface area contributed by atoms with Gasteiger partial charge in [-0.15, -0.1) is 10.2 Å². The minimum absolute atomic E-state index is 0.0257. The molecule has 10 heteroatoms. The van der Waals surface area contributed by atoms with Crippen molar-refractivity contribution in [2.75, 3.05) is 11.9 Å². The van der Waals surface area contributed by atoms with Crippen LogP contribution in [-0.4, -0.2) is 40.1 Å². The first kappa shape index (κ1) is 27.8. The van der Waals surface area contributed by atoms with E-state index in [1.54, 1.807) is 0 Å². The molecule has 0 aliphatic heterocycles. The Morgan fingerprint density at radius 3 is 2.29 bits per heavy atom. The number of amides is 2. The second-order valence-electron chi connectivity index (χ2n) is 10.1. The summed E-state index contributed by atoms with van der Waals surface area (Å²) >= 11 is 1.31. The van der Waals surface area contributed by atoms with Gasteiger partial charge in [0.25, 0.3) is 0 Å². The van der Waals surface area contributed by atoms with Crippen LogP contribution in [0.3, 0.4) is 0 Å². The third-order valence-electron chi connectivity index (χ3n) is 5.16. The molecule has 0 saturated heterocycles. The molecule has 188 valence electrons. The molecule has 1 atom stereocenters. The summed E-state index contributed by atoms with van der Waals surface area (Å²) in [4.78, 5) is 25.2. The van der Waals surface area contributed by atoms with E-state index in [9.17, 15) is 18.4 Å². The molecule has 1 aromatic carbocycles. The van der Waals surface area contributed by atoms with Crippen molar-refractivity contribution in [3.05, 3.63) is 40.4 Å². The number of nitrogens with zero attached hydrogens (tertiary/aromatic N) is 2. The molecule has 0 radical (unpaired) electrons. The maximum Gasteiger partial charge on any atom is 0.248 e. The molecule has 0 aliphatic rings. The number of anilines is 1. The van der Waals surface area contributed by atoms with Gasteiger partial charge < -0.3 is 10.6 Å². The van der Waals surface area contributed by atoms with Gasteiger partial charge in [0.1, 0.15) is 22.7 Å². The van der Waals surface area contributed by atoms with E-state index in [4.69, 9.17) is 0 Å². The van der Waals surface area contributed by atoms with Crippen molar-refractivity contribution in [3.63, 3.8) is 0 Å². The predicted molar refractivity (Wildman–Crippen MR) is 131 cm³/mol. The highest BCUT2D eigenvalue weighted by molar-refractivity contribution is 7.15. The SMILES string of the molecule is CCCC(NC(=O)Cc1cc(F)cc(F)c1)C(=O)Nc1nnc(C(C)(C)CCNC(C)(C)C)s1. The first-order valence-electron chi connectivity index (χ1n) is 11.4. The summed E-state index contributed by atoms with van der Waals surface area (Å²) in [6.07, 6.45) is 1.68. The zero-order valence-electron chi connectivity index (χ0n) is 20.7. The summed E-state index contributed by atoms with van der Waals surface area (Å²) < 4.78 is 26.8. The number of benzene rings is 1. The molecule has 2 aromatic rings. The Balaban J connectivity index is 1.98. The summed E-state index contributed by atoms with van der Waals surface area (Å²) in [5.74, 6) is -2.41. The molecule has 0 saturated carbocycles. The van der Waals surface area contributed by atoms with Crippen molar-refractivity contribution in [3.8, 4) is 0 Å². The van der Waals surface area contributed by atoms with Gasteiger partial charge >= 0.3 is 0 Å². The minimum atomic E-state index is -0.799. The number of nitrogens with one attached hydrogen (secondary N) is 3. The van der Waals surface area contributed by atoms with Crippen LogP contribution in [0.2, 0.25) is 0 Å². The van der Waals surface area contributed by atoms with Gasteiger partial charge in [0.2, 0.25) is 16.9 Å². The lowest BCUT2D eigenvalue weighted by Gasteiger charge is -2.26. The average Bonchev–Trinajstić information content (AvgIpc) is 3.15. The summed E-state index contributed by atoms with van der Waals surface area (Å²) in [5.41, 5.74) is -0.00348. The van der Waals surface area contributed by atoms with E-state index in [-0.39, 0.29) is 22.9 Å². The van der Waals surface area contributed by atoms with Gasteiger partial charge in [-0.2, -0.15) is 0 Å². The molecule has 1 aromatic heterocycles. The van der Waals surface area contributed by atoms with Crippen molar-refractivity contribution >= 4 is 28.3 Å². The van der Waals surface area contributed by atoms with Crippen LogP contribution in [0, 0.1) is 11.6 Å². The Morgan fingerprint density at radius 1 is 1.06 bits per heavy atom. The van der Waals surface area contributed by atoms with E-state index in [2.05, 4.69) is 60.8 Å². The van der Waals surface area contributed by atoms with Crippen LogP contribution < -0.4 is 16.0 Å². The average molecular weight is 496 g/mol. The molecule has 0 fully saturated rings. The maximum absolute atomic E-state index is 13.4. The van der Waals surface area contributed by atoms with Gasteiger partial charge in [-0.05, 0) is 57.9 Å². The number of carbonyl (C=O) groups is 2. The fraction of sp³-hybridized carbons (Fsp3) is 0.583. The maximum atomic E-state index is 13.4. The van der Waals surface area contributed by atoms with Gasteiger partial charge in [0.05, 0.1) is 6.42 Å². The Labute approximate surface area is 204 Å². The number of hydrogen-bond donors (Lipinski definition) is 3. The van der Waals surface area contributed by atoms with Crippen LogP contribution in [-0.2, 0) is 21.4 Å². The fourth-order valence-corrected chi connectivity index (χ4v) is 4.17. The van der Waals surface area contributed by atoms with E-state index >= 15 is 0 Å². The van der Waals surface area contributed by atoms with Crippen LogP contribution in [0.1, 0.15) is 71.4 Å². The van der Waals surface area contributed by atoms with Crippen molar-refractivity contribution in [2.24, 2.45) is 0 Å². The largest absolute Gasteiger partial charge is 0.344 e. The van der Waals surface area contributed by atoms with E-state index < -0.39 is 29.5 Å². The number of carbonyl (C=O) groups excluding carboxylic acids is 2. The Morgan fingerprint density at radius 2 is 1.71 bits per heavy atom. The lowest BCUT2D eigenvalue weighted by atomic mass is 9.90. The monoisotopic (exact) mass is 495 g/mol. The smallest absolute Gasteiger partial charge is 0.248 e. The molecule has 0 bridgehead atoms. The van der Waals surface area contributed by atoms with Gasteiger partial charge in [0.15, 0.2) is 0 Å². The molecular weight excluding hydrogens is 460 g/mol. The lowest BCUT2D eigenvalue weighted by molar-refractivity contribution is -0.126. The van der Waals surface area contributed by atoms with E-state index in [1.165, 1.54) is 11.3 Å². The number of halogens is 2. The Kier molecular flexibility index (Phi) is 9.64. The van der Waals surface area contributed by atoms with E-state index in [1.807, 2.05) is 6.92 Å². The van der Waals surface area contributed by atoms with E-state index in [0.717, 1.165) is 36.2 Å². The Bertz CT molecular complexity index is 968. The first-order chi connectivity index (χ1) is 15.8. The third-order valence-corrected chi connectivity index (χ3v) is 6.36. The molecule has 1 heterocycles. The highest BCUT2D eigenvalue weighted by Crippen LogP contribution is 2.31. The van der Waals surface area contributed by atoms with E-state index in [0.29, 0.717) is 18.0 Å². The van der Waals surface area contributed by atoms with Gasteiger partial charge in [-0.3, -0.25) is 14.9 Å². The molecule has 0 spiro atoms. The van der Waals surface area contributed by atoms with Crippen LogP contribution in [0.15, 0.2) is 18.2 Å². The van der Waals surface area contributed by atoms with Gasteiger partial charge in [-0.1, -0.05) is 38.5 Å². The second kappa shape index (κ2) is 11.8. The van der Waals surface area contributed by atoms with Crippen LogP contribution in [0.5, 0.6) is 0 Å². The van der Waals surface area contributed by atoms with Crippen molar-refractivity contribution in [1.29, 1.82) is 0 Å². The number of rotatable bonds is 11. The summed E-state index contributed by atoms with van der Waals surface area (Å²) in [6, 6.07) is 2.14. The van der Waals surface area contributed by atoms with Crippen LogP contribution >= 0.6 is 11.3 Å². The van der Waals surface area contributed by atoms with Gasteiger partial charge in [-0.25, -0.2) is 8.78 Å². The lowest BCUT2D eigenvalue weighted by Crippen LogP contribution is -2.44. The summed E-state index contributed by atoms with van der Waals surface area (Å²) in [5, 5.41) is 18.4. The molecule has 34 heavy (non-hydrogen) atoms. The number of aromatic nitrogens is 2. The molecule has 2 rings (SSSR count). The zero-order valence-corrected chi connectivity index (χ0v) is 21.5. The predicted octanol–water partition coefficient (Wildman–Crippen LogP) is 4.34. The van der Waals surface area contributed by atoms with Crippen LogP contribution in [0.25, 0.3) is 0 Å². The zero-order chi connectivity index (χ0) is 25.5. The summed E-state index contributed by atoms with van der Waals surface area (Å²) in [7, 11) is 0. The van der Waals surface area contributed by atoms with Crippen molar-refractivity contribution < 1.29 is 18.4 Å². The Hall–Kier alpha value is -2.46. The molecule has 2 amide bonds. The van der Waals surface area contributed by atoms with Gasteiger partial charge in [0, 0.05) is 17.0 Å². The quantitative estimate of drug-likeness (QED) is 0.431. The number of hydrogen-bond acceptors (Lipinski definition) is 6. The highest BCUT2D eigenvalue weighted by Gasteiger charge is 2.27. The van der Waals surface area contributed by atoms with Crippen molar-refractivity contribution in [2.45, 2.75) is 84.2 Å². The first-order valence-corrected chi connectivity index (χ1v) is 12.2. The normalized spacial score (nSPS) is 12.9. The molecule has 3 N–H and O–H groups in total. The van der Waals surface area contributed by atoms with Crippen LogP contribution in [0.4, 0.5) is 13.9 Å². The standard InChI is InChI=1S/C24H35F2N5O2S/c1-7-8-18(28-19(32)13-15-11-16(25)14-17(26)12-15)20(33)29-22-31-30-21(34-22)24(5,6)9-10-27-23(2,3)4/h11-12,14,18,27H,7-10,13H2,1-6H3,(H,28,32)(H,29,31,33). The second-order valence-corrected chi connectivity index (χ2v) is 11.1. The summed E-state index contributed by atoms with van der Waals surface area (Å²) in [6.45, 7) is 13.2. The van der Waals surface area contributed by atoms with Crippen molar-refractivity contribution in [1.82, 2.24) is 20.8 Å². The third kappa shape index (κ3) is 9.06. The molecule has 7 nitrogen and oxygen atoms in total. The molecule has 0 aliphatic carbocycles. The molecule has 1 unspecified atom stereocenters. The minimum Gasteiger partial charge on any atom is -0.344 e.